The highest BCUT2D eigenvalue weighted by Gasteiger charge is 2.33. The molecule has 0 aliphatic carbocycles. The average Bonchev–Trinajstić information content (AvgIpc) is 3.02. The maximum atomic E-state index is 12.7. The Morgan fingerprint density at radius 3 is 2.46 bits per heavy atom. The van der Waals surface area contributed by atoms with Gasteiger partial charge in [0.15, 0.2) is 0 Å². The van der Waals surface area contributed by atoms with Crippen LogP contribution in [0.2, 0.25) is 0 Å². The van der Waals surface area contributed by atoms with Crippen LogP contribution in [0, 0.1) is 10.1 Å². The summed E-state index contributed by atoms with van der Waals surface area (Å²) < 4.78 is 48.5. The van der Waals surface area contributed by atoms with E-state index in [0.29, 0.717) is 11.8 Å². The second-order valence-corrected chi connectivity index (χ2v) is 8.04. The number of benzene rings is 2. The zero-order valence-corrected chi connectivity index (χ0v) is 15.1. The minimum absolute atomic E-state index is 0.0501. The molecule has 148 valence electrons. The predicted octanol–water partition coefficient (Wildman–Crippen LogP) is 2.81. The molecule has 0 radical (unpaired) electrons. The molecule has 3 rings (SSSR count). The van der Waals surface area contributed by atoms with E-state index in [2.05, 4.69) is 5.32 Å². The van der Waals surface area contributed by atoms with Crippen LogP contribution in [0.1, 0.15) is 6.42 Å². The molecule has 1 heterocycles. The van der Waals surface area contributed by atoms with Gasteiger partial charge in [0.1, 0.15) is 5.69 Å². The molecule has 2 aromatic rings. The molecule has 1 unspecified atom stereocenters. The number of rotatable bonds is 6. The van der Waals surface area contributed by atoms with E-state index in [1.165, 1.54) is 4.90 Å². The first kappa shape index (κ1) is 19.7. The first-order valence-electron chi connectivity index (χ1n) is 8.12. The van der Waals surface area contributed by atoms with Crippen molar-refractivity contribution in [3.8, 4) is 0 Å². The zero-order valence-electron chi connectivity index (χ0n) is 14.3. The molecule has 0 bridgehead atoms. The first-order valence-corrected chi connectivity index (χ1v) is 9.67. The Bertz CT molecular complexity index is 1010. The number of para-hydroxylation sites is 1. The lowest BCUT2D eigenvalue weighted by Gasteiger charge is -2.18. The Balaban J connectivity index is 1.85. The summed E-state index contributed by atoms with van der Waals surface area (Å²) in [7, 11) is -4.96. The van der Waals surface area contributed by atoms with Crippen LogP contribution in [0.15, 0.2) is 53.4 Å². The number of sulfone groups is 1. The number of nitrogens with zero attached hydrogens (tertiary/aromatic N) is 2. The van der Waals surface area contributed by atoms with Gasteiger partial charge in [0.25, 0.3) is 5.69 Å². The molecule has 1 aliphatic heterocycles. The number of hydrogen-bond acceptors (Lipinski definition) is 6. The zero-order chi connectivity index (χ0) is 20.5. The number of halogens is 2. The largest absolute Gasteiger partial charge is 0.374 e. The average molecular weight is 411 g/mol. The van der Waals surface area contributed by atoms with Gasteiger partial charge in [-0.15, -0.1) is 0 Å². The van der Waals surface area contributed by atoms with Crippen molar-refractivity contribution in [2.24, 2.45) is 0 Å². The number of nitro groups is 1. The monoisotopic (exact) mass is 411 g/mol. The Kier molecular flexibility index (Phi) is 5.27. The van der Waals surface area contributed by atoms with Crippen molar-refractivity contribution in [3.05, 3.63) is 58.6 Å². The third-order valence-electron chi connectivity index (χ3n) is 4.28. The van der Waals surface area contributed by atoms with Crippen molar-refractivity contribution in [1.82, 2.24) is 0 Å². The molecule has 28 heavy (non-hydrogen) atoms. The fraction of sp³-hybridized carbons (Fsp3) is 0.235. The van der Waals surface area contributed by atoms with Crippen LogP contribution in [-0.2, 0) is 14.6 Å². The lowest BCUT2D eigenvalue weighted by Crippen LogP contribution is -2.27. The van der Waals surface area contributed by atoms with Crippen molar-refractivity contribution in [2.45, 2.75) is 23.1 Å². The maximum absolute atomic E-state index is 12.7. The van der Waals surface area contributed by atoms with E-state index in [-0.39, 0.29) is 24.6 Å². The van der Waals surface area contributed by atoms with Crippen molar-refractivity contribution in [3.63, 3.8) is 0 Å². The van der Waals surface area contributed by atoms with Crippen molar-refractivity contribution in [2.75, 3.05) is 16.8 Å². The molecular formula is C17H15F2N3O5S. The minimum Gasteiger partial charge on any atom is -0.374 e. The number of nitrogens with one attached hydrogen (secondary N) is 1. The van der Waals surface area contributed by atoms with Crippen LogP contribution < -0.4 is 10.2 Å². The molecule has 0 saturated carbocycles. The lowest BCUT2D eigenvalue weighted by atomic mass is 10.2. The van der Waals surface area contributed by atoms with Gasteiger partial charge in [-0.25, -0.2) is 8.42 Å². The molecule has 1 atom stereocenters. The molecule has 2 aromatic carbocycles. The fourth-order valence-electron chi connectivity index (χ4n) is 2.95. The fourth-order valence-corrected chi connectivity index (χ4v) is 3.69. The number of carbonyl (C=O) groups is 1. The van der Waals surface area contributed by atoms with Gasteiger partial charge in [-0.05, 0) is 24.3 Å². The third kappa shape index (κ3) is 3.79. The number of amides is 1. The smallest absolute Gasteiger partial charge is 0.341 e. The molecule has 1 amide bonds. The van der Waals surface area contributed by atoms with Crippen molar-refractivity contribution in [1.29, 1.82) is 0 Å². The summed E-state index contributed by atoms with van der Waals surface area (Å²) >= 11 is 0. The topological polar surface area (TPSA) is 110 Å². The highest BCUT2D eigenvalue weighted by atomic mass is 32.2. The van der Waals surface area contributed by atoms with E-state index in [9.17, 15) is 32.1 Å². The van der Waals surface area contributed by atoms with Gasteiger partial charge in [0.05, 0.1) is 15.9 Å². The van der Waals surface area contributed by atoms with Gasteiger partial charge >= 0.3 is 5.76 Å². The van der Waals surface area contributed by atoms with Crippen LogP contribution in [0.4, 0.5) is 25.8 Å². The predicted molar refractivity (Wildman–Crippen MR) is 97.1 cm³/mol. The molecule has 1 N–H and O–H groups in total. The number of carbonyl (C=O) groups excluding carboxylic acids is 1. The maximum Gasteiger partial charge on any atom is 0.341 e. The molecule has 1 saturated heterocycles. The van der Waals surface area contributed by atoms with Crippen LogP contribution in [0.3, 0.4) is 0 Å². The van der Waals surface area contributed by atoms with E-state index < -0.39 is 37.1 Å². The number of anilines is 2. The van der Waals surface area contributed by atoms with Crippen LogP contribution >= 0.6 is 0 Å². The summed E-state index contributed by atoms with van der Waals surface area (Å²) in [5.41, 5.74) is -0.0251. The van der Waals surface area contributed by atoms with Gasteiger partial charge in [0.2, 0.25) is 15.7 Å². The molecule has 8 nitrogen and oxygen atoms in total. The highest BCUT2D eigenvalue weighted by molar-refractivity contribution is 7.91. The van der Waals surface area contributed by atoms with Gasteiger partial charge in [-0.2, -0.15) is 8.78 Å². The summed E-state index contributed by atoms with van der Waals surface area (Å²) in [6.45, 7) is 0.247. The van der Waals surface area contributed by atoms with Crippen LogP contribution in [0.25, 0.3) is 0 Å². The molecule has 0 spiro atoms. The minimum atomic E-state index is -4.96. The van der Waals surface area contributed by atoms with Crippen LogP contribution in [0.5, 0.6) is 0 Å². The van der Waals surface area contributed by atoms with E-state index >= 15 is 0 Å². The Labute approximate surface area is 158 Å². The molecule has 1 fully saturated rings. The van der Waals surface area contributed by atoms with Gasteiger partial charge in [-0.1, -0.05) is 18.2 Å². The van der Waals surface area contributed by atoms with Crippen molar-refractivity contribution < 1.29 is 26.9 Å². The Morgan fingerprint density at radius 2 is 1.86 bits per heavy atom. The SMILES string of the molecule is O=C1CC(Nc2ccc(S(=O)(=O)C(F)F)cc2[N+](=O)[O-])CN1c1ccccc1. The van der Waals surface area contributed by atoms with E-state index in [4.69, 9.17) is 0 Å². The molecule has 11 heteroatoms. The third-order valence-corrected chi connectivity index (χ3v) is 5.66. The first-order chi connectivity index (χ1) is 13.2. The normalized spacial score (nSPS) is 17.2. The van der Waals surface area contributed by atoms with Gasteiger partial charge < -0.3 is 10.2 Å². The number of alkyl halides is 2. The Hall–Kier alpha value is -3.08. The summed E-state index contributed by atoms with van der Waals surface area (Å²) in [5.74, 6) is -3.86. The molecular weight excluding hydrogens is 396 g/mol. The number of nitro benzene ring substituents is 1. The lowest BCUT2D eigenvalue weighted by molar-refractivity contribution is -0.384. The standard InChI is InChI=1S/C17H15F2N3O5S/c18-17(19)28(26,27)13-6-7-14(15(9-13)22(24)25)20-11-8-16(23)21(10-11)12-4-2-1-3-5-12/h1-7,9,11,17,20H,8,10H2. The summed E-state index contributed by atoms with van der Waals surface area (Å²) in [6, 6.07) is 10.9. The molecule has 0 aromatic heterocycles. The second kappa shape index (κ2) is 7.50. The van der Waals surface area contributed by atoms with Gasteiger partial charge in [-0.3, -0.25) is 14.9 Å². The quantitative estimate of drug-likeness (QED) is 0.578. The summed E-state index contributed by atoms with van der Waals surface area (Å²) in [6.07, 6.45) is 0.0726. The summed E-state index contributed by atoms with van der Waals surface area (Å²) in [5, 5.41) is 14.1. The summed E-state index contributed by atoms with van der Waals surface area (Å²) in [4.78, 5) is 23.4. The number of hydrogen-bond donors (Lipinski definition) is 1. The van der Waals surface area contributed by atoms with E-state index in [1.54, 1.807) is 30.3 Å². The Morgan fingerprint density at radius 1 is 1.18 bits per heavy atom. The van der Waals surface area contributed by atoms with E-state index in [0.717, 1.165) is 12.1 Å². The van der Waals surface area contributed by atoms with Crippen molar-refractivity contribution >= 4 is 32.8 Å². The molecule has 1 aliphatic rings. The highest BCUT2D eigenvalue weighted by Crippen LogP contribution is 2.32. The van der Waals surface area contributed by atoms with Crippen LogP contribution in [-0.4, -0.2) is 37.6 Å². The van der Waals surface area contributed by atoms with E-state index in [1.807, 2.05) is 0 Å². The van der Waals surface area contributed by atoms with Gasteiger partial charge in [0, 0.05) is 24.7 Å². The second-order valence-electron chi connectivity index (χ2n) is 6.13.